The van der Waals surface area contributed by atoms with Crippen LogP contribution in [0, 0.1) is 6.92 Å². The van der Waals surface area contributed by atoms with Gasteiger partial charge in [-0.05, 0) is 32.0 Å². The van der Waals surface area contributed by atoms with Crippen molar-refractivity contribution in [3.05, 3.63) is 49.9 Å². The quantitative estimate of drug-likeness (QED) is 0.853. The summed E-state index contributed by atoms with van der Waals surface area (Å²) in [5, 5.41) is 7.87. The third kappa shape index (κ3) is 3.48. The maximum Gasteiger partial charge on any atom is 0.114 e. The van der Waals surface area contributed by atoms with E-state index in [1.165, 1.54) is 0 Å². The highest BCUT2D eigenvalue weighted by atomic mass is 35.5. The zero-order chi connectivity index (χ0) is 13.8. The first-order valence-corrected chi connectivity index (χ1v) is 7.86. The van der Waals surface area contributed by atoms with Crippen molar-refractivity contribution < 1.29 is 0 Å². The Kier molecular flexibility index (Phi) is 5.22. The Morgan fingerprint density at radius 2 is 2.00 bits per heavy atom. The normalized spacial score (nSPS) is 12.6. The Labute approximate surface area is 127 Å². The number of benzene rings is 1. The lowest BCUT2D eigenvalue weighted by Gasteiger charge is -2.19. The van der Waals surface area contributed by atoms with Crippen LogP contribution < -0.4 is 5.32 Å². The van der Waals surface area contributed by atoms with Crippen molar-refractivity contribution in [2.45, 2.75) is 26.3 Å². The highest BCUT2D eigenvalue weighted by molar-refractivity contribution is 7.09. The molecule has 1 heterocycles. The summed E-state index contributed by atoms with van der Waals surface area (Å²) in [5.74, 6) is 0. The minimum Gasteiger partial charge on any atom is -0.304 e. The number of aromatic nitrogens is 1. The molecule has 0 aliphatic heterocycles. The summed E-state index contributed by atoms with van der Waals surface area (Å²) in [6, 6.07) is 5.55. The van der Waals surface area contributed by atoms with Gasteiger partial charge >= 0.3 is 0 Å². The van der Waals surface area contributed by atoms with Gasteiger partial charge in [0.15, 0.2) is 0 Å². The number of nitrogens with zero attached hydrogens (tertiary/aromatic N) is 1. The Morgan fingerprint density at radius 1 is 1.32 bits per heavy atom. The average molecular weight is 315 g/mol. The molecule has 1 N–H and O–H groups in total. The number of rotatable bonds is 5. The van der Waals surface area contributed by atoms with Crippen LogP contribution in [0.25, 0.3) is 0 Å². The molecule has 102 valence electrons. The largest absolute Gasteiger partial charge is 0.304 e. The predicted molar refractivity (Wildman–Crippen MR) is 83.4 cm³/mol. The van der Waals surface area contributed by atoms with Gasteiger partial charge in [-0.15, -0.1) is 11.3 Å². The first-order chi connectivity index (χ1) is 9.13. The lowest BCUT2D eigenvalue weighted by atomic mass is 10.1. The molecule has 1 atom stereocenters. The van der Waals surface area contributed by atoms with Crippen LogP contribution in [0.3, 0.4) is 0 Å². The minimum absolute atomic E-state index is 0.0418. The molecule has 0 aliphatic carbocycles. The fourth-order valence-electron chi connectivity index (χ4n) is 1.89. The molecule has 0 spiro atoms. The van der Waals surface area contributed by atoms with E-state index < -0.39 is 0 Å². The van der Waals surface area contributed by atoms with Gasteiger partial charge in [0, 0.05) is 26.7 Å². The van der Waals surface area contributed by atoms with Crippen LogP contribution in [0.5, 0.6) is 0 Å². The molecular formula is C14H16Cl2N2S. The summed E-state index contributed by atoms with van der Waals surface area (Å²) in [4.78, 5) is 4.56. The van der Waals surface area contributed by atoms with Gasteiger partial charge in [0.05, 0.1) is 6.04 Å². The van der Waals surface area contributed by atoms with E-state index in [4.69, 9.17) is 23.2 Å². The van der Waals surface area contributed by atoms with Crippen LogP contribution in [-0.4, -0.2) is 11.5 Å². The SMILES string of the molecule is CCCNC(c1nc(C)cs1)c1c(Cl)cccc1Cl. The molecule has 0 fully saturated rings. The molecule has 0 aliphatic rings. The highest BCUT2D eigenvalue weighted by Gasteiger charge is 2.21. The molecule has 0 bridgehead atoms. The molecule has 0 saturated heterocycles. The topological polar surface area (TPSA) is 24.9 Å². The van der Waals surface area contributed by atoms with E-state index in [9.17, 15) is 0 Å². The summed E-state index contributed by atoms with van der Waals surface area (Å²) in [5.41, 5.74) is 1.93. The molecule has 5 heteroatoms. The van der Waals surface area contributed by atoms with E-state index in [0.29, 0.717) is 10.0 Å². The average Bonchev–Trinajstić information content (AvgIpc) is 2.79. The lowest BCUT2D eigenvalue weighted by Crippen LogP contribution is -2.23. The van der Waals surface area contributed by atoms with Crippen molar-refractivity contribution in [1.82, 2.24) is 10.3 Å². The number of hydrogen-bond acceptors (Lipinski definition) is 3. The van der Waals surface area contributed by atoms with Gasteiger partial charge in [-0.3, -0.25) is 0 Å². The molecule has 1 unspecified atom stereocenters. The van der Waals surface area contributed by atoms with E-state index in [1.54, 1.807) is 11.3 Å². The predicted octanol–water partition coefficient (Wildman–Crippen LogP) is 4.85. The standard InChI is InChI=1S/C14H16Cl2N2S/c1-3-7-17-13(14-18-9(2)8-19-14)12-10(15)5-4-6-11(12)16/h4-6,8,13,17H,3,7H2,1-2H3. The summed E-state index contributed by atoms with van der Waals surface area (Å²) in [7, 11) is 0. The van der Waals surface area contributed by atoms with Crippen molar-refractivity contribution in [2.75, 3.05) is 6.54 Å². The Hall–Kier alpha value is -0.610. The van der Waals surface area contributed by atoms with E-state index in [2.05, 4.69) is 17.2 Å². The monoisotopic (exact) mass is 314 g/mol. The second-order valence-corrected chi connectivity index (χ2v) is 6.05. The van der Waals surface area contributed by atoms with Gasteiger partial charge in [-0.25, -0.2) is 4.98 Å². The Balaban J connectivity index is 2.42. The first-order valence-electron chi connectivity index (χ1n) is 6.22. The first kappa shape index (κ1) is 14.8. The van der Waals surface area contributed by atoms with Crippen LogP contribution in [0.2, 0.25) is 10.0 Å². The number of aryl methyl sites for hydroxylation is 1. The lowest BCUT2D eigenvalue weighted by molar-refractivity contribution is 0.595. The summed E-state index contributed by atoms with van der Waals surface area (Å²) in [6.45, 7) is 5.02. The zero-order valence-electron chi connectivity index (χ0n) is 10.9. The number of thiazole rings is 1. The fraction of sp³-hybridized carbons (Fsp3) is 0.357. The maximum atomic E-state index is 6.31. The van der Waals surface area contributed by atoms with Gasteiger partial charge in [0.2, 0.25) is 0 Å². The zero-order valence-corrected chi connectivity index (χ0v) is 13.2. The van der Waals surface area contributed by atoms with E-state index >= 15 is 0 Å². The molecule has 1 aromatic carbocycles. The molecular weight excluding hydrogens is 299 g/mol. The number of halogens is 2. The summed E-state index contributed by atoms with van der Waals surface area (Å²) in [6.07, 6.45) is 1.04. The van der Waals surface area contributed by atoms with Gasteiger partial charge in [0.1, 0.15) is 5.01 Å². The third-order valence-corrected chi connectivity index (χ3v) is 4.46. The third-order valence-electron chi connectivity index (χ3n) is 2.77. The Bertz CT molecular complexity index is 534. The summed E-state index contributed by atoms with van der Waals surface area (Å²) < 4.78 is 0. The number of nitrogens with one attached hydrogen (secondary N) is 1. The molecule has 0 radical (unpaired) electrons. The van der Waals surface area contributed by atoms with Crippen molar-refractivity contribution >= 4 is 34.5 Å². The minimum atomic E-state index is -0.0418. The van der Waals surface area contributed by atoms with Crippen LogP contribution in [0.1, 0.15) is 35.7 Å². The van der Waals surface area contributed by atoms with Gasteiger partial charge in [-0.1, -0.05) is 36.2 Å². The highest BCUT2D eigenvalue weighted by Crippen LogP contribution is 2.35. The van der Waals surface area contributed by atoms with E-state index in [0.717, 1.165) is 29.2 Å². The van der Waals surface area contributed by atoms with Gasteiger partial charge in [0.25, 0.3) is 0 Å². The second-order valence-electron chi connectivity index (χ2n) is 4.35. The van der Waals surface area contributed by atoms with Crippen molar-refractivity contribution in [2.24, 2.45) is 0 Å². The molecule has 0 saturated carbocycles. The molecule has 19 heavy (non-hydrogen) atoms. The second kappa shape index (κ2) is 6.71. The Morgan fingerprint density at radius 3 is 2.53 bits per heavy atom. The van der Waals surface area contributed by atoms with Crippen LogP contribution >= 0.6 is 34.5 Å². The van der Waals surface area contributed by atoms with Crippen LogP contribution in [-0.2, 0) is 0 Å². The van der Waals surface area contributed by atoms with Crippen LogP contribution in [0.15, 0.2) is 23.6 Å². The van der Waals surface area contributed by atoms with E-state index in [1.807, 2.05) is 30.5 Å². The maximum absolute atomic E-state index is 6.31. The van der Waals surface area contributed by atoms with Gasteiger partial charge < -0.3 is 5.32 Å². The van der Waals surface area contributed by atoms with Crippen molar-refractivity contribution in [3.63, 3.8) is 0 Å². The smallest absolute Gasteiger partial charge is 0.114 e. The number of hydrogen-bond donors (Lipinski definition) is 1. The summed E-state index contributed by atoms with van der Waals surface area (Å²) >= 11 is 14.3. The van der Waals surface area contributed by atoms with Crippen molar-refractivity contribution in [3.8, 4) is 0 Å². The molecule has 2 aromatic rings. The molecule has 2 rings (SSSR count). The molecule has 2 nitrogen and oxygen atoms in total. The molecule has 0 amide bonds. The van der Waals surface area contributed by atoms with Crippen molar-refractivity contribution in [1.29, 1.82) is 0 Å². The van der Waals surface area contributed by atoms with E-state index in [-0.39, 0.29) is 6.04 Å². The van der Waals surface area contributed by atoms with Crippen LogP contribution in [0.4, 0.5) is 0 Å². The fourth-order valence-corrected chi connectivity index (χ4v) is 3.39. The molecule has 1 aromatic heterocycles. The van der Waals surface area contributed by atoms with Gasteiger partial charge in [-0.2, -0.15) is 0 Å².